The van der Waals surface area contributed by atoms with E-state index in [0.717, 1.165) is 60.3 Å². The Morgan fingerprint density at radius 3 is 2.43 bits per heavy atom. The molecule has 1 aliphatic carbocycles. The Labute approximate surface area is 297 Å². The van der Waals surface area contributed by atoms with Crippen molar-refractivity contribution in [2.75, 3.05) is 13.2 Å². The molecule has 4 nitrogen and oxygen atoms in total. The van der Waals surface area contributed by atoms with Crippen LogP contribution in [0, 0.1) is 6.92 Å². The first kappa shape index (κ1) is 33.2. The molecule has 9 heteroatoms. The van der Waals surface area contributed by atoms with Crippen molar-refractivity contribution in [1.29, 1.82) is 0 Å². The Morgan fingerprint density at radius 1 is 0.787 bits per heavy atom. The van der Waals surface area contributed by atoms with Gasteiger partial charge in [-0.15, -0.1) is 45.3 Å². The van der Waals surface area contributed by atoms with E-state index in [0.29, 0.717) is 23.5 Å². The zero-order chi connectivity index (χ0) is 32.7. The van der Waals surface area contributed by atoms with Crippen LogP contribution < -0.4 is 0 Å². The van der Waals surface area contributed by atoms with Crippen molar-refractivity contribution >= 4 is 95.0 Å². The Hall–Kier alpha value is -2.27. The van der Waals surface area contributed by atoms with Crippen molar-refractivity contribution in [3.05, 3.63) is 70.4 Å². The number of fused-ring (bicyclic) bond motifs is 4. The molecule has 0 bridgehead atoms. The fraction of sp³-hybridized carbons (Fsp3) is 0.421. The van der Waals surface area contributed by atoms with Gasteiger partial charge in [-0.25, -0.2) is 4.79 Å². The van der Waals surface area contributed by atoms with E-state index in [2.05, 4.69) is 45.0 Å². The van der Waals surface area contributed by atoms with Gasteiger partial charge >= 0.3 is 5.97 Å². The smallest absolute Gasteiger partial charge is 0.345 e. The summed E-state index contributed by atoms with van der Waals surface area (Å²) < 4.78 is 14.6. The van der Waals surface area contributed by atoms with E-state index in [-0.39, 0.29) is 5.12 Å². The van der Waals surface area contributed by atoms with Crippen LogP contribution in [0.1, 0.15) is 102 Å². The van der Waals surface area contributed by atoms with Gasteiger partial charge in [0.2, 0.25) is 5.12 Å². The van der Waals surface area contributed by atoms with E-state index >= 15 is 0 Å². The number of rotatable bonds is 15. The molecule has 0 N–H and O–H groups in total. The number of hydrogen-bond acceptors (Lipinski definition) is 9. The molecule has 0 aromatic carbocycles. The van der Waals surface area contributed by atoms with Crippen LogP contribution in [0.5, 0.6) is 0 Å². The molecule has 0 spiro atoms. The van der Waals surface area contributed by atoms with Gasteiger partial charge in [0.05, 0.1) is 22.6 Å². The number of thioether (sulfide) groups is 1. The standard InChI is InChI=1S/C38H40O4S5/c1-5-7-8-9-10-11-14-41-15-13-24-18-28(33-32-31(37(39)42-33)22(4)44-38(32)40)46-35(24)29-20-30-36(47-29)26-17-25(19-27(26)45-30)34-23(12-6-2)16-21(3)43-34/h16,18-20H,5-15,17H2,1-4H3. The van der Waals surface area contributed by atoms with Crippen LogP contribution in [0.15, 0.2) is 34.3 Å². The minimum Gasteiger partial charge on any atom is -0.421 e. The zero-order valence-electron chi connectivity index (χ0n) is 27.5. The van der Waals surface area contributed by atoms with Crippen LogP contribution in [0.25, 0.3) is 36.6 Å². The molecule has 0 atom stereocenters. The van der Waals surface area contributed by atoms with Crippen LogP contribution in [0.2, 0.25) is 0 Å². The molecule has 0 saturated carbocycles. The summed E-state index contributed by atoms with van der Waals surface area (Å²) in [5, 5.41) is -0.101. The predicted molar refractivity (Wildman–Crippen MR) is 204 cm³/mol. The molecular formula is C38H40O4S5. The highest BCUT2D eigenvalue weighted by Gasteiger charge is 2.42. The predicted octanol–water partition coefficient (Wildman–Crippen LogP) is 11.8. The number of esters is 1. The SMILES string of the molecule is CCCCCCCCOCCc1cc(C2=C3C(=O)SC(C)=C3C(=O)O2)sc1-c1cc2sc3c(c2s1)CC(c1sc(C)cc1CCC)=C3. The summed E-state index contributed by atoms with van der Waals surface area (Å²) in [5.41, 5.74) is 6.47. The molecule has 7 rings (SSSR count). The Kier molecular flexibility index (Phi) is 10.1. The monoisotopic (exact) mass is 720 g/mol. The summed E-state index contributed by atoms with van der Waals surface area (Å²) in [5.74, 6) is 0.00947. The maximum atomic E-state index is 12.9. The molecule has 0 fully saturated rings. The molecule has 0 saturated heterocycles. The summed E-state index contributed by atoms with van der Waals surface area (Å²) >= 11 is 8.47. The van der Waals surface area contributed by atoms with Crippen molar-refractivity contribution in [3.8, 4) is 9.75 Å². The second-order valence-corrected chi connectivity index (χ2v) is 18.2. The van der Waals surface area contributed by atoms with Crippen molar-refractivity contribution in [1.82, 2.24) is 0 Å². The van der Waals surface area contributed by atoms with Crippen molar-refractivity contribution < 1.29 is 19.1 Å². The van der Waals surface area contributed by atoms with Gasteiger partial charge in [0.1, 0.15) is 0 Å². The van der Waals surface area contributed by atoms with Gasteiger partial charge in [-0.1, -0.05) is 64.1 Å². The topological polar surface area (TPSA) is 52.6 Å². The van der Waals surface area contributed by atoms with Gasteiger partial charge in [0.15, 0.2) is 5.76 Å². The highest BCUT2D eigenvalue weighted by atomic mass is 32.2. The maximum absolute atomic E-state index is 12.9. The lowest BCUT2D eigenvalue weighted by atomic mass is 10.0. The summed E-state index contributed by atoms with van der Waals surface area (Å²) in [6.07, 6.45) is 14.0. The van der Waals surface area contributed by atoms with E-state index in [1.54, 1.807) is 11.3 Å². The first-order valence-corrected chi connectivity index (χ1v) is 20.9. The lowest BCUT2D eigenvalue weighted by Gasteiger charge is -2.05. The van der Waals surface area contributed by atoms with E-state index in [1.165, 1.54) is 88.2 Å². The highest BCUT2D eigenvalue weighted by Crippen LogP contribution is 2.52. The fourth-order valence-corrected chi connectivity index (χ4v) is 12.6. The number of hydrogen-bond donors (Lipinski definition) is 0. The summed E-state index contributed by atoms with van der Waals surface area (Å²) in [6, 6.07) is 6.85. The number of ether oxygens (including phenoxy) is 2. The van der Waals surface area contributed by atoms with Crippen molar-refractivity contribution in [3.63, 3.8) is 0 Å². The van der Waals surface area contributed by atoms with Crippen LogP contribution >= 0.6 is 57.1 Å². The summed E-state index contributed by atoms with van der Waals surface area (Å²) in [6.45, 7) is 9.97. The Balaban J connectivity index is 1.15. The average Bonchev–Trinajstić information content (AvgIpc) is 3.88. The number of carbonyl (C=O) groups is 2. The van der Waals surface area contributed by atoms with Crippen molar-refractivity contribution in [2.24, 2.45) is 0 Å². The van der Waals surface area contributed by atoms with Gasteiger partial charge in [-0.05, 0) is 79.6 Å². The van der Waals surface area contributed by atoms with Gasteiger partial charge in [0.25, 0.3) is 0 Å². The fourth-order valence-electron chi connectivity index (χ4n) is 6.73. The maximum Gasteiger partial charge on any atom is 0.345 e. The molecule has 2 aliphatic heterocycles. The molecule has 4 aromatic heterocycles. The van der Waals surface area contributed by atoms with Gasteiger partial charge in [-0.3, -0.25) is 4.79 Å². The minimum atomic E-state index is -0.414. The quantitative estimate of drug-likeness (QED) is 0.0904. The molecule has 6 heterocycles. The van der Waals surface area contributed by atoms with Crippen LogP contribution in [-0.4, -0.2) is 24.3 Å². The summed E-state index contributed by atoms with van der Waals surface area (Å²) in [4.78, 5) is 33.9. The minimum absolute atomic E-state index is 0.101. The molecule has 0 amide bonds. The number of thiophene rings is 4. The third-order valence-corrected chi connectivity index (χ3v) is 14.9. The molecule has 47 heavy (non-hydrogen) atoms. The number of aryl methyl sites for hydroxylation is 2. The normalized spacial score (nSPS) is 15.9. The number of unbranched alkanes of at least 4 members (excludes halogenated alkanes) is 5. The first-order chi connectivity index (χ1) is 22.9. The number of carbonyl (C=O) groups excluding carboxylic acids is 2. The molecule has 246 valence electrons. The number of cyclic esters (lactones) is 1. The van der Waals surface area contributed by atoms with Crippen LogP contribution in [-0.2, 0) is 38.3 Å². The third kappa shape index (κ3) is 6.56. The van der Waals surface area contributed by atoms with Crippen LogP contribution in [0.4, 0.5) is 0 Å². The summed E-state index contributed by atoms with van der Waals surface area (Å²) in [7, 11) is 0. The van der Waals surface area contributed by atoms with Gasteiger partial charge in [-0.2, -0.15) is 0 Å². The van der Waals surface area contributed by atoms with Crippen LogP contribution in [0.3, 0.4) is 0 Å². The van der Waals surface area contributed by atoms with E-state index < -0.39 is 5.97 Å². The van der Waals surface area contributed by atoms with E-state index in [4.69, 9.17) is 9.47 Å². The van der Waals surface area contributed by atoms with E-state index in [9.17, 15) is 9.59 Å². The molecular weight excluding hydrogens is 681 g/mol. The lowest BCUT2D eigenvalue weighted by Crippen LogP contribution is -2.00. The highest BCUT2D eigenvalue weighted by molar-refractivity contribution is 8.18. The first-order valence-electron chi connectivity index (χ1n) is 16.8. The second kappa shape index (κ2) is 14.3. The Bertz CT molecular complexity index is 1960. The molecule has 0 radical (unpaired) electrons. The largest absolute Gasteiger partial charge is 0.421 e. The van der Waals surface area contributed by atoms with Crippen molar-refractivity contribution in [2.45, 2.75) is 91.9 Å². The number of allylic oxidation sites excluding steroid dienone is 2. The second-order valence-electron chi connectivity index (χ2n) is 12.6. The zero-order valence-corrected chi connectivity index (χ0v) is 31.6. The lowest BCUT2D eigenvalue weighted by molar-refractivity contribution is -0.131. The Morgan fingerprint density at radius 2 is 1.60 bits per heavy atom. The molecule has 3 aliphatic rings. The van der Waals surface area contributed by atoms with Gasteiger partial charge < -0.3 is 9.47 Å². The van der Waals surface area contributed by atoms with Gasteiger partial charge in [0, 0.05) is 51.7 Å². The molecule has 4 aromatic rings. The van der Waals surface area contributed by atoms with E-state index in [1.807, 2.05) is 40.9 Å². The third-order valence-electron chi connectivity index (χ3n) is 9.00. The molecule has 0 unspecified atom stereocenters. The average molecular weight is 721 g/mol.